The number of fused-ring (bicyclic) bond motifs is 1. The molecule has 1 heterocycles. The summed E-state index contributed by atoms with van der Waals surface area (Å²) in [6.07, 6.45) is -0.294. The molecule has 0 atom stereocenters. The van der Waals surface area contributed by atoms with Crippen LogP contribution >= 0.6 is 0 Å². The smallest absolute Gasteiger partial charge is 0.309 e. The second-order valence-corrected chi connectivity index (χ2v) is 3.38. The summed E-state index contributed by atoms with van der Waals surface area (Å²) >= 11 is 0. The molecule has 3 N–H and O–H groups in total. The van der Waals surface area contributed by atoms with Crippen LogP contribution in [0.1, 0.15) is 5.69 Å². The minimum Gasteiger partial charge on any atom is -0.507 e. The van der Waals surface area contributed by atoms with Gasteiger partial charge in [-0.25, -0.2) is 4.98 Å². The molecule has 2 aromatic rings. The number of phenolic OH excluding ortho intramolecular Hbond substituents is 1. The van der Waals surface area contributed by atoms with Gasteiger partial charge in [-0.15, -0.1) is 0 Å². The molecule has 1 aromatic heterocycles. The second-order valence-electron chi connectivity index (χ2n) is 3.38. The van der Waals surface area contributed by atoms with Gasteiger partial charge in [0.15, 0.2) is 0 Å². The van der Waals surface area contributed by atoms with Gasteiger partial charge in [0.25, 0.3) is 0 Å². The summed E-state index contributed by atoms with van der Waals surface area (Å²) in [6.45, 7) is 0. The van der Waals surface area contributed by atoms with Crippen molar-refractivity contribution < 1.29 is 20.1 Å². The maximum absolute atomic E-state index is 10.5. The largest absolute Gasteiger partial charge is 0.507 e. The Bertz CT molecular complexity index is 565. The highest BCUT2D eigenvalue weighted by atomic mass is 16.4. The molecule has 5 nitrogen and oxygen atoms in total. The van der Waals surface area contributed by atoms with Crippen molar-refractivity contribution >= 4 is 16.9 Å². The molecular formula is C11H9NO4. The molecule has 82 valence electrons. The Kier molecular flexibility index (Phi) is 2.36. The standard InChI is InChI=1S/C11H9NO4/c13-8-3-1-2-7-9(14)4-6(5-10(15)16)12-11(7)8/h1-4,13H,5H2,(H,12,14)(H,15,16). The number of hydrogen-bond donors (Lipinski definition) is 3. The van der Waals surface area contributed by atoms with Crippen LogP contribution in [0, 0.1) is 0 Å². The number of carboxylic acid groups (broad SMARTS) is 1. The number of aromatic hydroxyl groups is 2. The van der Waals surface area contributed by atoms with E-state index in [-0.39, 0.29) is 29.1 Å². The lowest BCUT2D eigenvalue weighted by atomic mass is 10.1. The van der Waals surface area contributed by atoms with Gasteiger partial charge in [0.2, 0.25) is 0 Å². The van der Waals surface area contributed by atoms with E-state index in [1.54, 1.807) is 12.1 Å². The number of benzene rings is 1. The van der Waals surface area contributed by atoms with E-state index in [2.05, 4.69) is 4.98 Å². The third kappa shape index (κ3) is 1.75. The fourth-order valence-electron chi connectivity index (χ4n) is 1.51. The van der Waals surface area contributed by atoms with Crippen LogP contribution in [0.3, 0.4) is 0 Å². The summed E-state index contributed by atoms with van der Waals surface area (Å²) < 4.78 is 0. The number of rotatable bonds is 2. The number of para-hydroxylation sites is 1. The molecule has 0 unspecified atom stereocenters. The fraction of sp³-hybridized carbons (Fsp3) is 0.0909. The van der Waals surface area contributed by atoms with Gasteiger partial charge in [-0.2, -0.15) is 0 Å². The van der Waals surface area contributed by atoms with Gasteiger partial charge in [-0.3, -0.25) is 4.79 Å². The number of carboxylic acids is 1. The first kappa shape index (κ1) is 10.2. The van der Waals surface area contributed by atoms with Crippen LogP contribution in [0.2, 0.25) is 0 Å². The van der Waals surface area contributed by atoms with Crippen LogP contribution in [-0.4, -0.2) is 26.3 Å². The number of nitrogens with zero attached hydrogens (tertiary/aromatic N) is 1. The summed E-state index contributed by atoms with van der Waals surface area (Å²) in [7, 11) is 0. The van der Waals surface area contributed by atoms with Crippen LogP contribution in [0.15, 0.2) is 24.3 Å². The SMILES string of the molecule is O=C(O)Cc1cc(O)c2cccc(O)c2n1. The Labute approximate surface area is 90.6 Å². The third-order valence-electron chi connectivity index (χ3n) is 2.18. The average Bonchev–Trinajstić information content (AvgIpc) is 2.19. The van der Waals surface area contributed by atoms with Gasteiger partial charge in [0, 0.05) is 11.5 Å². The van der Waals surface area contributed by atoms with Crippen molar-refractivity contribution in [1.82, 2.24) is 4.98 Å². The molecule has 0 aliphatic rings. The van der Waals surface area contributed by atoms with Gasteiger partial charge in [0.1, 0.15) is 17.0 Å². The van der Waals surface area contributed by atoms with Crippen LogP contribution in [-0.2, 0) is 11.2 Å². The molecule has 2 rings (SSSR count). The second kappa shape index (κ2) is 3.69. The minimum absolute atomic E-state index is 0.0833. The highest BCUT2D eigenvalue weighted by molar-refractivity contribution is 5.89. The van der Waals surface area contributed by atoms with E-state index in [0.717, 1.165) is 0 Å². The lowest BCUT2D eigenvalue weighted by Gasteiger charge is -2.05. The Balaban J connectivity index is 2.65. The van der Waals surface area contributed by atoms with Gasteiger partial charge < -0.3 is 15.3 Å². The summed E-state index contributed by atoms with van der Waals surface area (Å²) in [6, 6.07) is 5.90. The molecule has 1 aromatic carbocycles. The Morgan fingerprint density at radius 2 is 2.00 bits per heavy atom. The highest BCUT2D eigenvalue weighted by Gasteiger charge is 2.10. The minimum atomic E-state index is -1.04. The van der Waals surface area contributed by atoms with Crippen molar-refractivity contribution in [2.75, 3.05) is 0 Å². The van der Waals surface area contributed by atoms with E-state index in [9.17, 15) is 15.0 Å². The Morgan fingerprint density at radius 1 is 1.25 bits per heavy atom. The molecule has 0 aliphatic heterocycles. The molecule has 0 aliphatic carbocycles. The average molecular weight is 219 g/mol. The van der Waals surface area contributed by atoms with E-state index in [0.29, 0.717) is 5.39 Å². The number of carbonyl (C=O) groups is 1. The van der Waals surface area contributed by atoms with Crippen LogP contribution < -0.4 is 0 Å². The van der Waals surface area contributed by atoms with Crippen molar-refractivity contribution in [3.05, 3.63) is 30.0 Å². The van der Waals surface area contributed by atoms with E-state index in [1.807, 2.05) is 0 Å². The number of phenols is 1. The zero-order valence-electron chi connectivity index (χ0n) is 8.21. The monoisotopic (exact) mass is 219 g/mol. The molecule has 0 bridgehead atoms. The molecule has 5 heteroatoms. The van der Waals surface area contributed by atoms with Crippen LogP contribution in [0.4, 0.5) is 0 Å². The topological polar surface area (TPSA) is 90.7 Å². The normalized spacial score (nSPS) is 10.5. The van der Waals surface area contributed by atoms with E-state index < -0.39 is 5.97 Å². The predicted molar refractivity (Wildman–Crippen MR) is 56.4 cm³/mol. The molecule has 0 radical (unpaired) electrons. The van der Waals surface area contributed by atoms with E-state index in [4.69, 9.17) is 5.11 Å². The maximum Gasteiger partial charge on any atom is 0.309 e. The van der Waals surface area contributed by atoms with Crippen molar-refractivity contribution in [3.63, 3.8) is 0 Å². The maximum atomic E-state index is 10.5. The van der Waals surface area contributed by atoms with Crippen molar-refractivity contribution in [2.24, 2.45) is 0 Å². The van der Waals surface area contributed by atoms with Crippen LogP contribution in [0.25, 0.3) is 10.9 Å². The van der Waals surface area contributed by atoms with Crippen molar-refractivity contribution in [1.29, 1.82) is 0 Å². The Hall–Kier alpha value is -2.30. The lowest BCUT2D eigenvalue weighted by Crippen LogP contribution is -2.02. The summed E-state index contributed by atoms with van der Waals surface area (Å²) in [5.41, 5.74) is 0.415. The van der Waals surface area contributed by atoms with Gasteiger partial charge in [-0.05, 0) is 12.1 Å². The van der Waals surface area contributed by atoms with E-state index in [1.165, 1.54) is 12.1 Å². The molecule has 16 heavy (non-hydrogen) atoms. The first-order valence-electron chi connectivity index (χ1n) is 4.60. The summed E-state index contributed by atoms with van der Waals surface area (Å²) in [4.78, 5) is 14.5. The van der Waals surface area contributed by atoms with E-state index >= 15 is 0 Å². The fourth-order valence-corrected chi connectivity index (χ4v) is 1.51. The highest BCUT2D eigenvalue weighted by Crippen LogP contribution is 2.29. The first-order valence-corrected chi connectivity index (χ1v) is 4.60. The van der Waals surface area contributed by atoms with Gasteiger partial charge >= 0.3 is 5.97 Å². The zero-order valence-corrected chi connectivity index (χ0v) is 8.21. The molecular weight excluding hydrogens is 210 g/mol. The van der Waals surface area contributed by atoms with Gasteiger partial charge in [-0.1, -0.05) is 6.07 Å². The summed E-state index contributed by atoms with van der Waals surface area (Å²) in [5.74, 6) is -1.21. The zero-order chi connectivity index (χ0) is 11.7. The third-order valence-corrected chi connectivity index (χ3v) is 2.18. The quantitative estimate of drug-likeness (QED) is 0.707. The first-order chi connectivity index (χ1) is 7.58. The number of pyridine rings is 1. The molecule has 0 amide bonds. The lowest BCUT2D eigenvalue weighted by molar-refractivity contribution is -0.136. The van der Waals surface area contributed by atoms with Crippen molar-refractivity contribution in [3.8, 4) is 11.5 Å². The number of hydrogen-bond acceptors (Lipinski definition) is 4. The molecule has 0 saturated carbocycles. The number of aliphatic carboxylic acids is 1. The number of aromatic nitrogens is 1. The molecule has 0 spiro atoms. The predicted octanol–water partition coefficient (Wildman–Crippen LogP) is 1.27. The molecule has 0 saturated heterocycles. The summed E-state index contributed by atoms with van der Waals surface area (Å²) in [5, 5.41) is 28.2. The van der Waals surface area contributed by atoms with Crippen LogP contribution in [0.5, 0.6) is 11.5 Å². The van der Waals surface area contributed by atoms with Crippen molar-refractivity contribution in [2.45, 2.75) is 6.42 Å². The van der Waals surface area contributed by atoms with Gasteiger partial charge in [0.05, 0.1) is 12.1 Å². The Morgan fingerprint density at radius 3 is 2.69 bits per heavy atom. The molecule has 0 fully saturated rings.